The van der Waals surface area contributed by atoms with E-state index in [1.807, 2.05) is 30.3 Å². The first-order chi connectivity index (χ1) is 17.0. The van der Waals surface area contributed by atoms with Gasteiger partial charge in [-0.05, 0) is 54.6 Å². The first-order valence-electron chi connectivity index (χ1n) is 12.5. The Hall–Kier alpha value is -3.12. The molecule has 3 aromatic rings. The Kier molecular flexibility index (Phi) is 6.41. The Labute approximate surface area is 206 Å². The molecule has 2 heterocycles. The molecule has 6 heteroatoms. The molecule has 4 atom stereocenters. The van der Waals surface area contributed by atoms with Gasteiger partial charge in [-0.1, -0.05) is 43.7 Å². The molecule has 2 aliphatic rings. The van der Waals surface area contributed by atoms with E-state index in [-0.39, 0.29) is 35.5 Å². The zero-order chi connectivity index (χ0) is 24.7. The number of nitrogens with zero attached hydrogens (tertiary/aromatic N) is 2. The zero-order valence-corrected chi connectivity index (χ0v) is 21.0. The molecule has 1 unspecified atom stereocenters. The quantitative estimate of drug-likeness (QED) is 0.507. The van der Waals surface area contributed by atoms with E-state index in [4.69, 9.17) is 9.47 Å². The van der Waals surface area contributed by atoms with Gasteiger partial charge in [0.15, 0.2) is 5.78 Å². The lowest BCUT2D eigenvalue weighted by Gasteiger charge is -2.48. The molecule has 0 radical (unpaired) electrons. The van der Waals surface area contributed by atoms with Crippen molar-refractivity contribution in [2.75, 3.05) is 27.8 Å². The molecule has 1 aliphatic carbocycles. The van der Waals surface area contributed by atoms with Crippen molar-refractivity contribution in [3.05, 3.63) is 65.4 Å². The number of carbonyl (C=O) groups excluding carboxylic acids is 2. The molecule has 0 N–H and O–H groups in total. The molecule has 0 spiro atoms. The smallest absolute Gasteiger partial charge is 0.310 e. The van der Waals surface area contributed by atoms with E-state index in [2.05, 4.69) is 41.6 Å². The lowest BCUT2D eigenvalue weighted by atomic mass is 9.67. The average Bonchev–Trinajstić information content (AvgIpc) is 3.17. The van der Waals surface area contributed by atoms with E-state index in [0.717, 1.165) is 46.4 Å². The Morgan fingerprint density at radius 1 is 1.09 bits per heavy atom. The molecule has 2 aromatic carbocycles. The Morgan fingerprint density at radius 2 is 1.89 bits per heavy atom. The summed E-state index contributed by atoms with van der Waals surface area (Å²) in [6, 6.07) is 16.3. The van der Waals surface area contributed by atoms with E-state index >= 15 is 0 Å². The number of likely N-dealkylation sites (tertiary alicyclic amines) is 1. The summed E-state index contributed by atoms with van der Waals surface area (Å²) in [7, 11) is 5.24. The minimum absolute atomic E-state index is 0.00169. The second-order valence-electron chi connectivity index (χ2n) is 10.0. The van der Waals surface area contributed by atoms with Crippen LogP contribution in [-0.2, 0) is 22.5 Å². The monoisotopic (exact) mass is 474 g/mol. The Balaban J connectivity index is 1.68. The summed E-state index contributed by atoms with van der Waals surface area (Å²) in [5.41, 5.74) is 3.97. The summed E-state index contributed by atoms with van der Waals surface area (Å²) in [5.74, 6) is 0.692. The fourth-order valence-corrected chi connectivity index (χ4v) is 6.51. The van der Waals surface area contributed by atoms with Crippen LogP contribution >= 0.6 is 0 Å². The second-order valence-corrected chi connectivity index (χ2v) is 10.0. The third-order valence-electron chi connectivity index (χ3n) is 8.22. The molecule has 2 bridgehead atoms. The maximum Gasteiger partial charge on any atom is 0.310 e. The van der Waals surface area contributed by atoms with Crippen molar-refractivity contribution in [3.63, 3.8) is 0 Å². The van der Waals surface area contributed by atoms with Crippen LogP contribution in [-0.4, -0.2) is 55.1 Å². The summed E-state index contributed by atoms with van der Waals surface area (Å²) in [6.45, 7) is 3.63. The van der Waals surface area contributed by atoms with Crippen LogP contribution in [0.5, 0.6) is 5.75 Å². The van der Waals surface area contributed by atoms with Crippen molar-refractivity contribution in [2.24, 2.45) is 17.8 Å². The van der Waals surface area contributed by atoms with Crippen LogP contribution in [0.15, 0.2) is 48.5 Å². The number of carbonyl (C=O) groups is 2. The van der Waals surface area contributed by atoms with Gasteiger partial charge in [-0.2, -0.15) is 0 Å². The third kappa shape index (κ3) is 4.04. The number of ether oxygens (including phenoxy) is 2. The largest absolute Gasteiger partial charge is 0.497 e. The van der Waals surface area contributed by atoms with Crippen molar-refractivity contribution < 1.29 is 19.1 Å². The third-order valence-corrected chi connectivity index (χ3v) is 8.22. The van der Waals surface area contributed by atoms with Crippen molar-refractivity contribution in [2.45, 2.75) is 38.8 Å². The number of fused-ring (bicyclic) bond motifs is 5. The maximum atomic E-state index is 14.1. The van der Waals surface area contributed by atoms with Gasteiger partial charge in [-0.3, -0.25) is 9.59 Å². The van der Waals surface area contributed by atoms with Gasteiger partial charge in [0.25, 0.3) is 0 Å². The number of aromatic nitrogens is 1. The molecule has 35 heavy (non-hydrogen) atoms. The molecule has 6 nitrogen and oxygen atoms in total. The number of ketones is 1. The van der Waals surface area contributed by atoms with Crippen LogP contribution in [0.25, 0.3) is 10.9 Å². The summed E-state index contributed by atoms with van der Waals surface area (Å²) >= 11 is 0. The highest BCUT2D eigenvalue weighted by atomic mass is 16.5. The van der Waals surface area contributed by atoms with Gasteiger partial charge in [0.05, 0.1) is 25.8 Å². The van der Waals surface area contributed by atoms with Crippen LogP contribution in [0, 0.1) is 17.8 Å². The number of likely N-dealkylation sites (N-methyl/N-ethyl adjacent to an activating group) is 1. The predicted octanol–water partition coefficient (Wildman–Crippen LogP) is 4.57. The number of benzene rings is 2. The van der Waals surface area contributed by atoms with E-state index in [9.17, 15) is 9.59 Å². The van der Waals surface area contributed by atoms with Crippen LogP contribution in [0.2, 0.25) is 0 Å². The van der Waals surface area contributed by atoms with Crippen molar-refractivity contribution in [3.8, 4) is 5.75 Å². The summed E-state index contributed by atoms with van der Waals surface area (Å²) in [4.78, 5) is 29.4. The van der Waals surface area contributed by atoms with E-state index in [1.165, 1.54) is 7.11 Å². The lowest BCUT2D eigenvalue weighted by Crippen LogP contribution is -2.56. The molecule has 1 fully saturated rings. The Morgan fingerprint density at radius 3 is 2.63 bits per heavy atom. The normalized spacial score (nSPS) is 24.5. The summed E-state index contributed by atoms with van der Waals surface area (Å²) in [6.07, 6.45) is 1.95. The van der Waals surface area contributed by atoms with Gasteiger partial charge in [0, 0.05) is 36.5 Å². The molecule has 184 valence electrons. The number of hydrogen-bond donors (Lipinski definition) is 0. The number of Topliss-reactive ketones (excluding diaryl/α,β-unsaturated/α-hetero) is 1. The first-order valence-corrected chi connectivity index (χ1v) is 12.5. The zero-order valence-electron chi connectivity index (χ0n) is 21.0. The van der Waals surface area contributed by atoms with Gasteiger partial charge >= 0.3 is 5.97 Å². The molecular formula is C29H34N2O4. The van der Waals surface area contributed by atoms with Crippen LogP contribution in [0.3, 0.4) is 0 Å². The highest BCUT2D eigenvalue weighted by Crippen LogP contribution is 2.43. The minimum Gasteiger partial charge on any atom is -0.497 e. The van der Waals surface area contributed by atoms with E-state index < -0.39 is 0 Å². The molecule has 1 saturated heterocycles. The van der Waals surface area contributed by atoms with Crippen LogP contribution in [0.4, 0.5) is 0 Å². The number of methoxy groups -OCH3 is 2. The van der Waals surface area contributed by atoms with Crippen molar-refractivity contribution >= 4 is 22.7 Å². The van der Waals surface area contributed by atoms with Crippen LogP contribution in [0.1, 0.15) is 41.4 Å². The molecule has 1 aliphatic heterocycles. The number of para-hydroxylation sites is 1. The van der Waals surface area contributed by atoms with Crippen molar-refractivity contribution in [1.82, 2.24) is 9.47 Å². The molecular weight excluding hydrogens is 440 g/mol. The number of esters is 1. The highest BCUT2D eigenvalue weighted by Gasteiger charge is 2.49. The minimum atomic E-state index is -0.304. The van der Waals surface area contributed by atoms with Gasteiger partial charge < -0.3 is 18.9 Å². The SMILES string of the molecule is CC[C@@H]1CN(C)[C@H]2Cc3c(n(Cc4cccc(OC)c4)c4ccccc34)C(=O)C[C@H]1C2C(=O)OC. The van der Waals surface area contributed by atoms with E-state index in [1.54, 1.807) is 7.11 Å². The predicted molar refractivity (Wildman–Crippen MR) is 136 cm³/mol. The second kappa shape index (κ2) is 9.50. The fourth-order valence-electron chi connectivity index (χ4n) is 6.51. The first kappa shape index (κ1) is 23.6. The summed E-state index contributed by atoms with van der Waals surface area (Å²) < 4.78 is 12.9. The van der Waals surface area contributed by atoms with Gasteiger partial charge in [0.1, 0.15) is 5.75 Å². The highest BCUT2D eigenvalue weighted by molar-refractivity contribution is 6.03. The molecule has 0 amide bonds. The molecule has 5 rings (SSSR count). The van der Waals surface area contributed by atoms with Gasteiger partial charge in [-0.15, -0.1) is 0 Å². The topological polar surface area (TPSA) is 60.8 Å². The number of hydrogen-bond acceptors (Lipinski definition) is 5. The molecule has 0 saturated carbocycles. The number of rotatable bonds is 5. The van der Waals surface area contributed by atoms with Gasteiger partial charge in [0.2, 0.25) is 0 Å². The van der Waals surface area contributed by atoms with Gasteiger partial charge in [-0.25, -0.2) is 0 Å². The summed E-state index contributed by atoms with van der Waals surface area (Å²) in [5, 5.41) is 1.09. The van der Waals surface area contributed by atoms with Crippen LogP contribution < -0.4 is 4.74 Å². The number of piperidine rings is 1. The maximum absolute atomic E-state index is 14.1. The average molecular weight is 475 g/mol. The Bertz CT molecular complexity index is 1260. The lowest BCUT2D eigenvalue weighted by molar-refractivity contribution is -0.154. The van der Waals surface area contributed by atoms with E-state index in [0.29, 0.717) is 19.4 Å². The van der Waals surface area contributed by atoms with Crippen molar-refractivity contribution in [1.29, 1.82) is 0 Å². The molecule has 1 aromatic heterocycles. The fraction of sp³-hybridized carbons (Fsp3) is 0.448. The standard InChI is InChI=1S/C29H34N2O4/c1-5-19-17-30(2)25-14-23-21-11-6-7-12-24(21)31(16-18-9-8-10-20(13-18)34-3)28(23)26(32)15-22(19)27(25)29(33)35-4/h6-13,19,22,25,27H,5,14-17H2,1-4H3/t19-,22-,25+,27?/m1/s1.